The largest absolute Gasteiger partial charge is 0.309 e. The number of benzene rings is 6. The second-order valence-corrected chi connectivity index (χ2v) is 11.3. The van der Waals surface area contributed by atoms with E-state index in [-0.39, 0.29) is 0 Å². The van der Waals surface area contributed by atoms with Crippen LogP contribution < -0.4 is 0 Å². The maximum atomic E-state index is 4.29. The zero-order chi connectivity index (χ0) is 29.6. The summed E-state index contributed by atoms with van der Waals surface area (Å²) in [5.74, 6) is 0. The van der Waals surface area contributed by atoms with Crippen LogP contribution in [0.5, 0.6) is 0 Å². The second kappa shape index (κ2) is 10.5. The molecule has 0 spiro atoms. The van der Waals surface area contributed by atoms with E-state index in [9.17, 15) is 0 Å². The molecule has 0 atom stereocenters. The van der Waals surface area contributed by atoms with Crippen LogP contribution in [0.15, 0.2) is 159 Å². The summed E-state index contributed by atoms with van der Waals surface area (Å²) in [5.41, 5.74) is 10.6. The molecular formula is C42H30N2. The lowest BCUT2D eigenvalue weighted by atomic mass is 9.97. The van der Waals surface area contributed by atoms with Gasteiger partial charge in [0.2, 0.25) is 0 Å². The molecule has 2 heterocycles. The van der Waals surface area contributed by atoms with Crippen LogP contribution in [0.1, 0.15) is 12.5 Å². The molecule has 2 nitrogen and oxygen atoms in total. The SMILES string of the molecule is C=C/C(=C\C)c1ccc2c(ccc3c4ccc(-c5ccc6cc(-c7cccnc7)ccc6c5)cc4n(-c4ccccc4)c23)c1. The first-order chi connectivity index (χ1) is 21.7. The van der Waals surface area contributed by atoms with E-state index < -0.39 is 0 Å². The summed E-state index contributed by atoms with van der Waals surface area (Å²) in [6.07, 6.45) is 7.77. The molecule has 0 saturated heterocycles. The van der Waals surface area contributed by atoms with Gasteiger partial charge in [0.15, 0.2) is 0 Å². The third-order valence-electron chi connectivity index (χ3n) is 8.79. The summed E-state index contributed by atoms with van der Waals surface area (Å²) < 4.78 is 2.43. The van der Waals surface area contributed by atoms with Gasteiger partial charge in [-0.3, -0.25) is 4.98 Å². The van der Waals surface area contributed by atoms with Gasteiger partial charge in [0.05, 0.1) is 11.0 Å². The molecule has 0 fully saturated rings. The van der Waals surface area contributed by atoms with Crippen molar-refractivity contribution in [2.24, 2.45) is 0 Å². The second-order valence-electron chi connectivity index (χ2n) is 11.3. The Labute approximate surface area is 256 Å². The Hall–Kier alpha value is -5.73. The van der Waals surface area contributed by atoms with Crippen LogP contribution in [0.25, 0.3) is 76.9 Å². The highest BCUT2D eigenvalue weighted by atomic mass is 15.0. The van der Waals surface area contributed by atoms with Crippen molar-refractivity contribution >= 4 is 48.9 Å². The molecule has 44 heavy (non-hydrogen) atoms. The van der Waals surface area contributed by atoms with E-state index in [0.717, 1.165) is 16.8 Å². The lowest BCUT2D eigenvalue weighted by molar-refractivity contribution is 1.19. The Bertz CT molecular complexity index is 2390. The van der Waals surface area contributed by atoms with E-state index >= 15 is 0 Å². The standard InChI is InChI=1S/C42H30N2/c1-3-28(4-2)29-16-19-38-35(25-29)18-21-40-39-20-17-34(26-41(39)44(42(38)40)37-10-6-5-7-11-37)32-13-12-31-24-33(15-14-30(31)23-32)36-9-8-22-43-27-36/h3-27H,1H2,2H3/b28-4+. The van der Waals surface area contributed by atoms with Crippen LogP contribution in [0.2, 0.25) is 0 Å². The normalized spacial score (nSPS) is 12.0. The first-order valence-corrected chi connectivity index (χ1v) is 15.0. The molecule has 8 rings (SSSR count). The third-order valence-corrected chi connectivity index (χ3v) is 8.79. The molecule has 6 aromatic carbocycles. The highest BCUT2D eigenvalue weighted by Gasteiger charge is 2.16. The first-order valence-electron chi connectivity index (χ1n) is 15.0. The quantitative estimate of drug-likeness (QED) is 0.191. The Morgan fingerprint density at radius 1 is 0.614 bits per heavy atom. The summed E-state index contributed by atoms with van der Waals surface area (Å²) in [7, 11) is 0. The van der Waals surface area contributed by atoms with E-state index in [2.05, 4.69) is 150 Å². The summed E-state index contributed by atoms with van der Waals surface area (Å²) in [4.78, 5) is 4.29. The number of aromatic nitrogens is 2. The van der Waals surface area contributed by atoms with E-state index in [1.54, 1.807) is 0 Å². The number of fused-ring (bicyclic) bond motifs is 6. The summed E-state index contributed by atoms with van der Waals surface area (Å²) in [6, 6.07) is 46.4. The zero-order valence-corrected chi connectivity index (χ0v) is 24.5. The van der Waals surface area contributed by atoms with Crippen molar-refractivity contribution in [1.82, 2.24) is 9.55 Å². The molecule has 208 valence electrons. The van der Waals surface area contributed by atoms with Gasteiger partial charge in [-0.2, -0.15) is 0 Å². The highest BCUT2D eigenvalue weighted by Crippen LogP contribution is 2.39. The maximum absolute atomic E-state index is 4.29. The lowest BCUT2D eigenvalue weighted by Crippen LogP contribution is -1.94. The number of rotatable bonds is 5. The Morgan fingerprint density at radius 3 is 2.02 bits per heavy atom. The zero-order valence-electron chi connectivity index (χ0n) is 24.5. The van der Waals surface area contributed by atoms with Gasteiger partial charge < -0.3 is 4.57 Å². The van der Waals surface area contributed by atoms with Crippen molar-refractivity contribution in [3.8, 4) is 27.9 Å². The van der Waals surface area contributed by atoms with Crippen molar-refractivity contribution in [3.05, 3.63) is 164 Å². The Balaban J connectivity index is 1.32. The molecule has 2 aromatic heterocycles. The minimum Gasteiger partial charge on any atom is -0.309 e. The maximum Gasteiger partial charge on any atom is 0.0619 e. The fourth-order valence-corrected chi connectivity index (χ4v) is 6.58. The van der Waals surface area contributed by atoms with Gasteiger partial charge >= 0.3 is 0 Å². The molecule has 0 unspecified atom stereocenters. The fraction of sp³-hybridized carbons (Fsp3) is 0.0238. The van der Waals surface area contributed by atoms with E-state index in [1.807, 2.05) is 24.5 Å². The molecular weight excluding hydrogens is 532 g/mol. The van der Waals surface area contributed by atoms with Crippen LogP contribution in [-0.4, -0.2) is 9.55 Å². The number of pyridine rings is 1. The molecule has 0 aliphatic carbocycles. The van der Waals surface area contributed by atoms with Gasteiger partial charge in [-0.05, 0) is 93.4 Å². The number of hydrogen-bond donors (Lipinski definition) is 0. The van der Waals surface area contributed by atoms with Crippen molar-refractivity contribution in [2.45, 2.75) is 6.92 Å². The van der Waals surface area contributed by atoms with Crippen molar-refractivity contribution < 1.29 is 0 Å². The van der Waals surface area contributed by atoms with Crippen LogP contribution >= 0.6 is 0 Å². The third kappa shape index (κ3) is 4.23. The van der Waals surface area contributed by atoms with Crippen LogP contribution in [0.4, 0.5) is 0 Å². The first kappa shape index (κ1) is 25.9. The smallest absolute Gasteiger partial charge is 0.0619 e. The molecule has 0 radical (unpaired) electrons. The highest BCUT2D eigenvalue weighted by molar-refractivity contribution is 6.19. The van der Waals surface area contributed by atoms with Gasteiger partial charge in [-0.1, -0.05) is 104 Å². The fourth-order valence-electron chi connectivity index (χ4n) is 6.58. The average Bonchev–Trinajstić information content (AvgIpc) is 3.43. The van der Waals surface area contributed by atoms with Gasteiger partial charge in [0.1, 0.15) is 0 Å². The molecule has 0 N–H and O–H groups in total. The topological polar surface area (TPSA) is 17.8 Å². The van der Waals surface area contributed by atoms with Crippen molar-refractivity contribution in [1.29, 1.82) is 0 Å². The van der Waals surface area contributed by atoms with E-state index in [0.29, 0.717) is 0 Å². The number of allylic oxidation sites excluding steroid dienone is 3. The van der Waals surface area contributed by atoms with E-state index in [4.69, 9.17) is 0 Å². The minimum absolute atomic E-state index is 1.13. The predicted octanol–water partition coefficient (Wildman–Crippen LogP) is 11.4. The molecule has 0 bridgehead atoms. The monoisotopic (exact) mass is 562 g/mol. The molecule has 0 aliphatic rings. The lowest BCUT2D eigenvalue weighted by Gasteiger charge is -2.12. The summed E-state index contributed by atoms with van der Waals surface area (Å²) >= 11 is 0. The van der Waals surface area contributed by atoms with Crippen LogP contribution in [-0.2, 0) is 0 Å². The summed E-state index contributed by atoms with van der Waals surface area (Å²) in [6.45, 7) is 6.07. The number of hydrogen-bond acceptors (Lipinski definition) is 1. The molecule has 2 heteroatoms. The Kier molecular flexibility index (Phi) is 6.20. The average molecular weight is 563 g/mol. The van der Waals surface area contributed by atoms with Crippen molar-refractivity contribution in [2.75, 3.05) is 0 Å². The number of nitrogens with zero attached hydrogens (tertiary/aromatic N) is 2. The van der Waals surface area contributed by atoms with Gasteiger partial charge in [-0.15, -0.1) is 0 Å². The minimum atomic E-state index is 1.13. The van der Waals surface area contributed by atoms with Crippen molar-refractivity contribution in [3.63, 3.8) is 0 Å². The van der Waals surface area contributed by atoms with Gasteiger partial charge in [0.25, 0.3) is 0 Å². The molecule has 0 saturated carbocycles. The van der Waals surface area contributed by atoms with Gasteiger partial charge in [-0.25, -0.2) is 0 Å². The molecule has 8 aromatic rings. The predicted molar refractivity (Wildman–Crippen MR) is 188 cm³/mol. The van der Waals surface area contributed by atoms with Crippen LogP contribution in [0.3, 0.4) is 0 Å². The van der Waals surface area contributed by atoms with E-state index in [1.165, 1.54) is 65.6 Å². The summed E-state index contributed by atoms with van der Waals surface area (Å²) in [5, 5.41) is 7.41. The molecule has 0 aliphatic heterocycles. The van der Waals surface area contributed by atoms with Gasteiger partial charge in [0, 0.05) is 39.8 Å². The van der Waals surface area contributed by atoms with Crippen LogP contribution in [0, 0.1) is 0 Å². The number of para-hydroxylation sites is 1. The Morgan fingerprint density at radius 2 is 1.30 bits per heavy atom. The molecule has 0 amide bonds.